The summed E-state index contributed by atoms with van der Waals surface area (Å²) in [7, 11) is 0. The average Bonchev–Trinajstić information content (AvgIpc) is 3.28. The summed E-state index contributed by atoms with van der Waals surface area (Å²) in [5.74, 6) is -0.849. The van der Waals surface area contributed by atoms with Gasteiger partial charge in [0.05, 0.1) is 16.9 Å². The van der Waals surface area contributed by atoms with Crippen LogP contribution in [0.3, 0.4) is 0 Å². The smallest absolute Gasteiger partial charge is 0.417 e. The molecule has 1 unspecified atom stereocenters. The molecule has 0 saturated carbocycles. The summed E-state index contributed by atoms with van der Waals surface area (Å²) >= 11 is 0.634. The quantitative estimate of drug-likeness (QED) is 0.219. The minimum Gasteiger partial charge on any atom is -0.477 e. The Hall–Kier alpha value is -4.01. The first-order valence-corrected chi connectivity index (χ1v) is 13.2. The number of hydrogen-bond acceptors (Lipinski definition) is 10. The number of carboxylic acid groups (broad SMARTS) is 1. The van der Waals surface area contributed by atoms with Gasteiger partial charge in [0.2, 0.25) is 0 Å². The van der Waals surface area contributed by atoms with E-state index in [0.717, 1.165) is 17.2 Å². The number of halogens is 3. The highest BCUT2D eigenvalue weighted by atomic mass is 32.1. The van der Waals surface area contributed by atoms with E-state index in [4.69, 9.17) is 11.5 Å². The summed E-state index contributed by atoms with van der Waals surface area (Å²) in [6.45, 7) is 1.12. The Morgan fingerprint density at radius 1 is 1.12 bits per heavy atom. The molecule has 210 valence electrons. The molecule has 4 aromatic rings. The van der Waals surface area contributed by atoms with Gasteiger partial charge in [0.1, 0.15) is 27.4 Å². The zero-order valence-corrected chi connectivity index (χ0v) is 21.8. The summed E-state index contributed by atoms with van der Waals surface area (Å²) < 4.78 is 41.6. The van der Waals surface area contributed by atoms with Crippen LogP contribution in [0.2, 0.25) is 0 Å². The number of carbonyl (C=O) groups is 1. The Labute approximate surface area is 230 Å². The number of nitrogens with two attached hydrogens (primary N) is 2. The lowest BCUT2D eigenvalue weighted by atomic mass is 10.0. The molecule has 14 heteroatoms. The van der Waals surface area contributed by atoms with Gasteiger partial charge in [-0.2, -0.15) is 13.2 Å². The van der Waals surface area contributed by atoms with Crippen LogP contribution in [0.4, 0.5) is 30.5 Å². The zero-order valence-electron chi connectivity index (χ0n) is 21.0. The molecule has 7 N–H and O–H groups in total. The fourth-order valence-electron chi connectivity index (χ4n) is 4.70. The van der Waals surface area contributed by atoms with Gasteiger partial charge >= 0.3 is 12.1 Å². The maximum absolute atomic E-state index is 13.9. The number of aliphatic hydroxyl groups is 1. The van der Waals surface area contributed by atoms with Gasteiger partial charge in [0, 0.05) is 54.6 Å². The van der Waals surface area contributed by atoms with Crippen LogP contribution in [0, 0.1) is 0 Å². The molecule has 1 aliphatic rings. The van der Waals surface area contributed by atoms with Crippen molar-refractivity contribution in [1.29, 1.82) is 0 Å². The van der Waals surface area contributed by atoms with Crippen LogP contribution in [0.1, 0.15) is 39.9 Å². The third kappa shape index (κ3) is 5.64. The van der Waals surface area contributed by atoms with E-state index < -0.39 is 29.5 Å². The molecular formula is C26H26F3N7O3S. The van der Waals surface area contributed by atoms with Gasteiger partial charge in [-0.25, -0.2) is 14.8 Å². The molecular weight excluding hydrogens is 547 g/mol. The van der Waals surface area contributed by atoms with E-state index in [1.807, 2.05) is 12.1 Å². The number of nitrogens with zero attached hydrogens (tertiary/aromatic N) is 4. The van der Waals surface area contributed by atoms with Crippen LogP contribution >= 0.6 is 11.3 Å². The average molecular weight is 574 g/mol. The van der Waals surface area contributed by atoms with Crippen molar-refractivity contribution in [1.82, 2.24) is 20.3 Å². The standard InChI is InChI=1S/C26H26F3N7O3S/c27-26(28,29)16-9-20(35-24-21(16)22(31)23(40-24)25(38)39)36-7-5-15(6-8-36)32-12-18(37)17-3-1-13(10-33-17)14-2-4-19(30)34-11-14/h1-4,9-11,15,18,32,37H,5-8,12,31H2,(H2,30,34)(H,38,39). The van der Waals surface area contributed by atoms with Gasteiger partial charge in [0.15, 0.2) is 0 Å². The van der Waals surface area contributed by atoms with Crippen molar-refractivity contribution in [2.45, 2.75) is 31.2 Å². The maximum Gasteiger partial charge on any atom is 0.417 e. The molecule has 5 rings (SSSR count). The number of aromatic carboxylic acids is 1. The van der Waals surface area contributed by atoms with Crippen molar-refractivity contribution in [3.05, 3.63) is 58.9 Å². The molecule has 0 amide bonds. The number of rotatable bonds is 7. The normalized spacial score (nSPS) is 15.4. The highest BCUT2D eigenvalue weighted by Crippen LogP contribution is 2.43. The molecule has 0 aliphatic carbocycles. The number of hydrogen-bond donors (Lipinski definition) is 5. The van der Waals surface area contributed by atoms with E-state index in [0.29, 0.717) is 48.8 Å². The van der Waals surface area contributed by atoms with Crippen molar-refractivity contribution < 1.29 is 28.2 Å². The number of thiophene rings is 1. The monoisotopic (exact) mass is 573 g/mol. The lowest BCUT2D eigenvalue weighted by Crippen LogP contribution is -2.44. The van der Waals surface area contributed by atoms with Gasteiger partial charge in [-0.05, 0) is 37.1 Å². The van der Waals surface area contributed by atoms with Crippen molar-refractivity contribution in [3.63, 3.8) is 0 Å². The van der Waals surface area contributed by atoms with Crippen LogP contribution in [-0.2, 0) is 6.18 Å². The zero-order chi connectivity index (χ0) is 28.6. The van der Waals surface area contributed by atoms with Gasteiger partial charge in [0.25, 0.3) is 0 Å². The molecule has 40 heavy (non-hydrogen) atoms. The number of carboxylic acids is 1. The second kappa shape index (κ2) is 10.9. The fourth-order valence-corrected chi connectivity index (χ4v) is 5.65. The summed E-state index contributed by atoms with van der Waals surface area (Å²) in [4.78, 5) is 25.5. The molecule has 1 aliphatic heterocycles. The highest BCUT2D eigenvalue weighted by Gasteiger charge is 2.37. The van der Waals surface area contributed by atoms with Gasteiger partial charge in [-0.15, -0.1) is 11.3 Å². The van der Waals surface area contributed by atoms with Crippen LogP contribution in [0.15, 0.2) is 42.7 Å². The number of fused-ring (bicyclic) bond motifs is 1. The number of anilines is 3. The van der Waals surface area contributed by atoms with E-state index in [1.165, 1.54) is 0 Å². The minimum absolute atomic E-state index is 0.0350. The molecule has 0 aromatic carbocycles. The molecule has 5 heterocycles. The third-order valence-electron chi connectivity index (χ3n) is 6.85. The summed E-state index contributed by atoms with van der Waals surface area (Å²) in [5.41, 5.74) is 12.2. The number of alkyl halides is 3. The van der Waals surface area contributed by atoms with Crippen LogP contribution in [-0.4, -0.2) is 56.8 Å². The number of nitrogen functional groups attached to an aromatic ring is 2. The minimum atomic E-state index is -4.73. The summed E-state index contributed by atoms with van der Waals surface area (Å²) in [6, 6.07) is 8.09. The number of aromatic nitrogens is 3. The number of pyridine rings is 3. The van der Waals surface area contributed by atoms with Gasteiger partial charge < -0.3 is 31.9 Å². The van der Waals surface area contributed by atoms with E-state index in [-0.39, 0.29) is 33.5 Å². The summed E-state index contributed by atoms with van der Waals surface area (Å²) in [6.07, 6.45) is -1.05. The molecule has 1 atom stereocenters. The second-order valence-electron chi connectivity index (χ2n) is 9.48. The maximum atomic E-state index is 13.9. The molecule has 0 bridgehead atoms. The SMILES string of the molecule is Nc1ccc(-c2ccc(C(O)CNC3CCN(c4cc(C(F)(F)F)c5c(N)c(C(=O)O)sc5n4)CC3)nc2)cn1. The van der Waals surface area contributed by atoms with Crippen molar-refractivity contribution >= 4 is 44.8 Å². The fraction of sp³-hybridized carbons (Fsp3) is 0.308. The Morgan fingerprint density at radius 2 is 1.80 bits per heavy atom. The van der Waals surface area contributed by atoms with E-state index in [9.17, 15) is 28.2 Å². The van der Waals surface area contributed by atoms with Crippen LogP contribution < -0.4 is 21.7 Å². The van der Waals surface area contributed by atoms with E-state index in [2.05, 4.69) is 20.3 Å². The lowest BCUT2D eigenvalue weighted by molar-refractivity contribution is -0.136. The topological polar surface area (TPSA) is 164 Å². The van der Waals surface area contributed by atoms with Crippen molar-refractivity contribution in [2.75, 3.05) is 36.0 Å². The summed E-state index contributed by atoms with van der Waals surface area (Å²) in [5, 5.41) is 22.9. The Balaban J connectivity index is 1.21. The third-order valence-corrected chi connectivity index (χ3v) is 7.94. The lowest BCUT2D eigenvalue weighted by Gasteiger charge is -2.34. The van der Waals surface area contributed by atoms with E-state index in [1.54, 1.807) is 29.4 Å². The first kappa shape index (κ1) is 27.6. The van der Waals surface area contributed by atoms with Crippen LogP contribution in [0.5, 0.6) is 0 Å². The molecule has 0 spiro atoms. The second-order valence-corrected chi connectivity index (χ2v) is 10.5. The predicted octanol–water partition coefficient (Wildman–Crippen LogP) is 3.93. The molecule has 4 aromatic heterocycles. The van der Waals surface area contributed by atoms with Gasteiger partial charge in [-0.3, -0.25) is 4.98 Å². The van der Waals surface area contributed by atoms with Crippen LogP contribution in [0.25, 0.3) is 21.3 Å². The Bertz CT molecular complexity index is 1520. The number of piperidine rings is 1. The number of aliphatic hydroxyl groups excluding tert-OH is 1. The molecule has 10 nitrogen and oxygen atoms in total. The van der Waals surface area contributed by atoms with Gasteiger partial charge in [-0.1, -0.05) is 6.07 Å². The highest BCUT2D eigenvalue weighted by molar-refractivity contribution is 7.21. The molecule has 0 radical (unpaired) electrons. The van der Waals surface area contributed by atoms with Crippen molar-refractivity contribution in [2.24, 2.45) is 0 Å². The molecule has 1 saturated heterocycles. The van der Waals surface area contributed by atoms with Crippen molar-refractivity contribution in [3.8, 4) is 11.1 Å². The predicted molar refractivity (Wildman–Crippen MR) is 146 cm³/mol. The Morgan fingerprint density at radius 3 is 2.38 bits per heavy atom. The largest absolute Gasteiger partial charge is 0.477 e. The Kier molecular flexibility index (Phi) is 7.49. The first-order valence-electron chi connectivity index (χ1n) is 12.4. The first-order chi connectivity index (χ1) is 19.0. The van der Waals surface area contributed by atoms with E-state index >= 15 is 0 Å². The number of nitrogens with one attached hydrogen (secondary N) is 1. The molecule has 1 fully saturated rings.